The molecule has 2 aliphatic heterocycles. The molecule has 2 saturated heterocycles. The highest BCUT2D eigenvalue weighted by atomic mass is 32.1. The maximum absolute atomic E-state index is 12.1. The third-order valence-corrected chi connectivity index (χ3v) is 5.98. The van der Waals surface area contributed by atoms with Gasteiger partial charge in [0.1, 0.15) is 5.69 Å². The van der Waals surface area contributed by atoms with Crippen molar-refractivity contribution in [3.8, 4) is 0 Å². The number of thiazole rings is 1. The predicted molar refractivity (Wildman–Crippen MR) is 101 cm³/mol. The summed E-state index contributed by atoms with van der Waals surface area (Å²) in [5.74, 6) is -0.0922. The van der Waals surface area contributed by atoms with Gasteiger partial charge in [0, 0.05) is 31.6 Å². The number of hydrogen-bond donors (Lipinski definition) is 1. The van der Waals surface area contributed by atoms with Gasteiger partial charge in [-0.3, -0.25) is 9.69 Å². The van der Waals surface area contributed by atoms with Crippen molar-refractivity contribution in [2.24, 2.45) is 0 Å². The van der Waals surface area contributed by atoms with Gasteiger partial charge in [0.15, 0.2) is 0 Å². The van der Waals surface area contributed by atoms with Crippen LogP contribution in [-0.4, -0.2) is 53.7 Å². The van der Waals surface area contributed by atoms with Crippen LogP contribution >= 0.6 is 11.3 Å². The summed E-state index contributed by atoms with van der Waals surface area (Å²) >= 11 is 1.50. The lowest BCUT2D eigenvalue weighted by Gasteiger charge is -2.39. The third-order valence-electron chi connectivity index (χ3n) is 5.21. The number of amides is 1. The van der Waals surface area contributed by atoms with Crippen LogP contribution in [0.25, 0.3) is 0 Å². The molecule has 1 aromatic rings. The van der Waals surface area contributed by atoms with Gasteiger partial charge in [-0.2, -0.15) is 0 Å². The van der Waals surface area contributed by atoms with E-state index < -0.39 is 0 Å². The molecule has 1 atom stereocenters. The Labute approximate surface area is 154 Å². The van der Waals surface area contributed by atoms with Gasteiger partial charge >= 0.3 is 0 Å². The van der Waals surface area contributed by atoms with Gasteiger partial charge in [-0.25, -0.2) is 4.98 Å². The molecular weight excluding hydrogens is 334 g/mol. The number of piperidine rings is 1. The van der Waals surface area contributed by atoms with Gasteiger partial charge in [-0.1, -0.05) is 11.6 Å². The molecule has 1 N–H and O–H groups in total. The standard InChI is InChI=1S/C19H29N3O2S/c1-14(2)5-9-22-10-7-19(8-11-22)6-4-16(24-19)12-20-18(23)17-13-25-15(3)21-17/h5,13,16H,4,6-12H2,1-3H3,(H,20,23)/t16-/m1/s1. The minimum atomic E-state index is -0.0922. The van der Waals surface area contributed by atoms with E-state index in [-0.39, 0.29) is 17.6 Å². The van der Waals surface area contributed by atoms with E-state index in [9.17, 15) is 4.79 Å². The van der Waals surface area contributed by atoms with Crippen molar-refractivity contribution in [2.45, 2.75) is 58.2 Å². The summed E-state index contributed by atoms with van der Waals surface area (Å²) < 4.78 is 6.38. The number of carbonyl (C=O) groups is 1. The largest absolute Gasteiger partial charge is 0.370 e. The van der Waals surface area contributed by atoms with E-state index in [4.69, 9.17) is 4.74 Å². The summed E-state index contributed by atoms with van der Waals surface area (Å²) in [4.78, 5) is 18.9. The molecule has 5 nitrogen and oxygen atoms in total. The molecule has 0 aliphatic carbocycles. The van der Waals surface area contributed by atoms with Gasteiger partial charge in [0.25, 0.3) is 5.91 Å². The van der Waals surface area contributed by atoms with Crippen LogP contribution in [0, 0.1) is 6.92 Å². The minimum absolute atomic E-state index is 0.0358. The Kier molecular flexibility index (Phi) is 5.92. The molecule has 138 valence electrons. The first kappa shape index (κ1) is 18.5. The number of nitrogens with zero attached hydrogens (tertiary/aromatic N) is 2. The van der Waals surface area contributed by atoms with Gasteiger partial charge in [0.2, 0.25) is 0 Å². The normalized spacial score (nSPS) is 22.9. The smallest absolute Gasteiger partial charge is 0.270 e. The summed E-state index contributed by atoms with van der Waals surface area (Å²) in [6, 6.07) is 0. The maximum Gasteiger partial charge on any atom is 0.270 e. The Morgan fingerprint density at radius 2 is 2.20 bits per heavy atom. The molecule has 2 aliphatic rings. The summed E-state index contributed by atoms with van der Waals surface area (Å²) in [5, 5.41) is 5.71. The van der Waals surface area contributed by atoms with E-state index in [1.54, 1.807) is 0 Å². The Morgan fingerprint density at radius 1 is 1.44 bits per heavy atom. The number of rotatable bonds is 5. The first-order valence-corrected chi connectivity index (χ1v) is 10.1. The Balaban J connectivity index is 1.43. The fraction of sp³-hybridized carbons (Fsp3) is 0.684. The van der Waals surface area contributed by atoms with Gasteiger partial charge in [-0.05, 0) is 46.5 Å². The molecule has 0 saturated carbocycles. The summed E-state index contributed by atoms with van der Waals surface area (Å²) in [5.41, 5.74) is 1.93. The number of aromatic nitrogens is 1. The molecule has 3 rings (SSSR count). The molecule has 0 radical (unpaired) electrons. The summed E-state index contributed by atoms with van der Waals surface area (Å²) in [6.07, 6.45) is 6.77. The van der Waals surface area contributed by atoms with Crippen LogP contribution in [0.1, 0.15) is 55.0 Å². The minimum Gasteiger partial charge on any atom is -0.370 e. The lowest BCUT2D eigenvalue weighted by atomic mass is 9.88. The average molecular weight is 364 g/mol. The van der Waals surface area contributed by atoms with Crippen molar-refractivity contribution in [1.82, 2.24) is 15.2 Å². The fourth-order valence-electron chi connectivity index (χ4n) is 3.63. The molecule has 25 heavy (non-hydrogen) atoms. The second-order valence-corrected chi connectivity index (χ2v) is 8.57. The molecule has 6 heteroatoms. The molecule has 3 heterocycles. The average Bonchev–Trinajstić information content (AvgIpc) is 3.19. The zero-order valence-electron chi connectivity index (χ0n) is 15.5. The second kappa shape index (κ2) is 7.98. The van der Waals surface area contributed by atoms with Crippen LogP contribution in [0.3, 0.4) is 0 Å². The summed E-state index contributed by atoms with van der Waals surface area (Å²) in [6.45, 7) is 10.0. The Morgan fingerprint density at radius 3 is 2.84 bits per heavy atom. The van der Waals surface area contributed by atoms with E-state index in [2.05, 4.69) is 35.1 Å². The first-order valence-electron chi connectivity index (χ1n) is 9.20. The van der Waals surface area contributed by atoms with E-state index in [1.165, 1.54) is 16.9 Å². The van der Waals surface area contributed by atoms with Gasteiger partial charge in [0.05, 0.1) is 16.7 Å². The molecule has 0 bridgehead atoms. The zero-order chi connectivity index (χ0) is 17.9. The SMILES string of the molecule is CC(C)=CCN1CCC2(CC[C@H](CNC(=O)c3csc(C)n3)O2)CC1. The molecule has 1 amide bonds. The van der Waals surface area contributed by atoms with E-state index in [0.717, 1.165) is 50.3 Å². The predicted octanol–water partition coefficient (Wildman–Crippen LogP) is 3.16. The lowest BCUT2D eigenvalue weighted by molar-refractivity contribution is -0.0741. The van der Waals surface area contributed by atoms with Crippen molar-refractivity contribution < 1.29 is 9.53 Å². The van der Waals surface area contributed by atoms with Crippen molar-refractivity contribution >= 4 is 17.2 Å². The van der Waals surface area contributed by atoms with Crippen LogP contribution in [0.4, 0.5) is 0 Å². The van der Waals surface area contributed by atoms with Crippen LogP contribution in [0.15, 0.2) is 17.0 Å². The number of aryl methyl sites for hydroxylation is 1. The monoisotopic (exact) mass is 363 g/mol. The zero-order valence-corrected chi connectivity index (χ0v) is 16.3. The number of nitrogens with one attached hydrogen (secondary N) is 1. The Hall–Kier alpha value is -1.24. The van der Waals surface area contributed by atoms with Crippen molar-refractivity contribution in [1.29, 1.82) is 0 Å². The van der Waals surface area contributed by atoms with Crippen molar-refractivity contribution in [2.75, 3.05) is 26.2 Å². The fourth-order valence-corrected chi connectivity index (χ4v) is 4.22. The van der Waals surface area contributed by atoms with Crippen LogP contribution < -0.4 is 5.32 Å². The highest BCUT2D eigenvalue weighted by Crippen LogP contribution is 2.38. The molecule has 2 fully saturated rings. The highest BCUT2D eigenvalue weighted by Gasteiger charge is 2.42. The number of hydrogen-bond acceptors (Lipinski definition) is 5. The highest BCUT2D eigenvalue weighted by molar-refractivity contribution is 7.09. The molecule has 0 aromatic carbocycles. The van der Waals surface area contributed by atoms with Crippen molar-refractivity contribution in [3.63, 3.8) is 0 Å². The van der Waals surface area contributed by atoms with E-state index in [1.807, 2.05) is 12.3 Å². The first-order chi connectivity index (χ1) is 12.0. The van der Waals surface area contributed by atoms with E-state index in [0.29, 0.717) is 12.2 Å². The quantitative estimate of drug-likeness (QED) is 0.817. The molecule has 1 spiro atoms. The maximum atomic E-state index is 12.1. The van der Waals surface area contributed by atoms with Crippen LogP contribution in [0.5, 0.6) is 0 Å². The number of ether oxygens (including phenoxy) is 1. The van der Waals surface area contributed by atoms with Crippen LogP contribution in [-0.2, 0) is 4.74 Å². The topological polar surface area (TPSA) is 54.5 Å². The second-order valence-electron chi connectivity index (χ2n) is 7.51. The van der Waals surface area contributed by atoms with Gasteiger partial charge in [-0.15, -0.1) is 11.3 Å². The van der Waals surface area contributed by atoms with Crippen molar-refractivity contribution in [3.05, 3.63) is 27.7 Å². The van der Waals surface area contributed by atoms with E-state index >= 15 is 0 Å². The van der Waals surface area contributed by atoms with Crippen LogP contribution in [0.2, 0.25) is 0 Å². The summed E-state index contributed by atoms with van der Waals surface area (Å²) in [7, 11) is 0. The molecule has 0 unspecified atom stereocenters. The molecular formula is C19H29N3O2S. The number of likely N-dealkylation sites (tertiary alicyclic amines) is 1. The molecule has 1 aromatic heterocycles. The lowest BCUT2D eigenvalue weighted by Crippen LogP contribution is -2.45. The van der Waals surface area contributed by atoms with Gasteiger partial charge < -0.3 is 10.1 Å². The number of carbonyl (C=O) groups excluding carboxylic acids is 1. The number of allylic oxidation sites excluding steroid dienone is 1. The Bertz CT molecular complexity index is 628. The third kappa shape index (κ3) is 4.90.